The van der Waals surface area contributed by atoms with Gasteiger partial charge in [-0.05, 0) is 31.5 Å². The number of hydrogen-bond acceptors (Lipinski definition) is 5. The number of anilines is 1. The lowest BCUT2D eigenvalue weighted by molar-refractivity contribution is 0.102. The van der Waals surface area contributed by atoms with Crippen molar-refractivity contribution in [3.05, 3.63) is 51.0 Å². The Morgan fingerprint density at radius 2 is 2.12 bits per heavy atom. The summed E-state index contributed by atoms with van der Waals surface area (Å²) in [6.07, 6.45) is 3.21. The molecule has 3 rings (SSSR count). The number of benzene rings is 1. The first kappa shape index (κ1) is 17.2. The van der Waals surface area contributed by atoms with E-state index in [4.69, 9.17) is 0 Å². The molecule has 0 unspecified atom stereocenters. The van der Waals surface area contributed by atoms with E-state index in [1.54, 1.807) is 10.6 Å². The number of hydrogen-bond donors (Lipinski definition) is 1. The summed E-state index contributed by atoms with van der Waals surface area (Å²) < 4.78 is 15.3. The number of amides is 1. The molecule has 3 aromatic rings. The van der Waals surface area contributed by atoms with Gasteiger partial charge in [-0.2, -0.15) is 0 Å². The maximum atomic E-state index is 13.5. The highest BCUT2D eigenvalue weighted by atomic mass is 32.1. The van der Waals surface area contributed by atoms with Crippen LogP contribution in [0, 0.1) is 5.82 Å². The van der Waals surface area contributed by atoms with E-state index in [2.05, 4.69) is 15.5 Å². The van der Waals surface area contributed by atoms with E-state index in [-0.39, 0.29) is 10.9 Å². The van der Waals surface area contributed by atoms with Crippen LogP contribution in [0.3, 0.4) is 0 Å². The highest BCUT2D eigenvalue weighted by Gasteiger charge is 2.17. The van der Waals surface area contributed by atoms with E-state index < -0.39 is 17.2 Å². The highest BCUT2D eigenvalue weighted by molar-refractivity contribution is 7.15. The van der Waals surface area contributed by atoms with Gasteiger partial charge in [0.05, 0.1) is 5.52 Å². The predicted octanol–water partition coefficient (Wildman–Crippen LogP) is 3.22. The van der Waals surface area contributed by atoms with Crippen LogP contribution in [0.25, 0.3) is 10.9 Å². The minimum Gasteiger partial charge on any atom is -0.347 e. The van der Waals surface area contributed by atoms with Gasteiger partial charge in [0, 0.05) is 24.5 Å². The minimum atomic E-state index is -0.572. The molecule has 1 amide bonds. The van der Waals surface area contributed by atoms with Gasteiger partial charge in [0.15, 0.2) is 0 Å². The first-order chi connectivity index (χ1) is 12.0. The van der Waals surface area contributed by atoms with Crippen molar-refractivity contribution in [1.29, 1.82) is 0 Å². The van der Waals surface area contributed by atoms with Crippen molar-refractivity contribution in [2.75, 3.05) is 5.32 Å². The molecule has 6 nitrogen and oxygen atoms in total. The number of nitrogens with one attached hydrogen (secondary N) is 1. The zero-order chi connectivity index (χ0) is 18.0. The molecule has 0 atom stereocenters. The maximum absolute atomic E-state index is 13.5. The quantitative estimate of drug-likeness (QED) is 0.758. The number of fused-ring (bicyclic) bond motifs is 1. The van der Waals surface area contributed by atoms with Crippen molar-refractivity contribution in [3.8, 4) is 0 Å². The van der Waals surface area contributed by atoms with Crippen LogP contribution < -0.4 is 10.7 Å². The Labute approximate surface area is 147 Å². The molecule has 0 radical (unpaired) electrons. The third-order valence-electron chi connectivity index (χ3n) is 3.78. The molecule has 0 saturated carbocycles. The Morgan fingerprint density at radius 1 is 1.32 bits per heavy atom. The molecule has 0 saturated heterocycles. The number of aromatic nitrogens is 3. The molecule has 1 N–H and O–H groups in total. The average molecular weight is 360 g/mol. The number of aryl methyl sites for hydroxylation is 2. The fourth-order valence-electron chi connectivity index (χ4n) is 2.58. The third kappa shape index (κ3) is 3.43. The number of halogens is 1. The van der Waals surface area contributed by atoms with Crippen molar-refractivity contribution < 1.29 is 9.18 Å². The number of pyridine rings is 1. The van der Waals surface area contributed by atoms with Crippen LogP contribution in [0.5, 0.6) is 0 Å². The topological polar surface area (TPSA) is 76.9 Å². The summed E-state index contributed by atoms with van der Waals surface area (Å²) in [7, 11) is 0. The van der Waals surface area contributed by atoms with Crippen molar-refractivity contribution in [1.82, 2.24) is 14.8 Å². The Hall–Kier alpha value is -2.61. The molecule has 8 heteroatoms. The van der Waals surface area contributed by atoms with Crippen LogP contribution in [-0.2, 0) is 13.0 Å². The van der Waals surface area contributed by atoms with E-state index >= 15 is 0 Å². The number of carbonyl (C=O) groups excluding carboxylic acids is 1. The molecule has 25 heavy (non-hydrogen) atoms. The summed E-state index contributed by atoms with van der Waals surface area (Å²) in [4.78, 5) is 25.1. The van der Waals surface area contributed by atoms with E-state index in [1.165, 1.54) is 23.6 Å². The monoisotopic (exact) mass is 360 g/mol. The van der Waals surface area contributed by atoms with Crippen LogP contribution in [0.1, 0.15) is 35.6 Å². The molecule has 1 aromatic carbocycles. The van der Waals surface area contributed by atoms with E-state index in [0.29, 0.717) is 17.2 Å². The van der Waals surface area contributed by atoms with Crippen LogP contribution in [-0.4, -0.2) is 20.7 Å². The highest BCUT2D eigenvalue weighted by Crippen LogP contribution is 2.18. The van der Waals surface area contributed by atoms with E-state index in [1.807, 2.05) is 13.8 Å². The van der Waals surface area contributed by atoms with Gasteiger partial charge < -0.3 is 4.57 Å². The summed E-state index contributed by atoms with van der Waals surface area (Å²) in [5, 5.41) is 11.9. The number of rotatable bonds is 5. The molecular weight excluding hydrogens is 343 g/mol. The molecule has 2 aromatic heterocycles. The fraction of sp³-hybridized carbons (Fsp3) is 0.294. The largest absolute Gasteiger partial charge is 0.347 e. The normalized spacial score (nSPS) is 11.0. The molecule has 0 aliphatic heterocycles. The van der Waals surface area contributed by atoms with Crippen LogP contribution in [0.15, 0.2) is 29.2 Å². The second-order valence-corrected chi connectivity index (χ2v) is 6.59. The summed E-state index contributed by atoms with van der Waals surface area (Å²) in [5.74, 6) is -1.09. The number of carbonyl (C=O) groups is 1. The molecule has 0 fully saturated rings. The summed E-state index contributed by atoms with van der Waals surface area (Å²) >= 11 is 1.28. The van der Waals surface area contributed by atoms with Gasteiger partial charge in [0.2, 0.25) is 10.6 Å². The zero-order valence-electron chi connectivity index (χ0n) is 13.9. The molecule has 130 valence electrons. The standard InChI is InChI=1S/C17H17FN4O2S/c1-3-5-14-20-21-17(25-14)19-16(24)12-9-22(4-2)13-7-6-10(18)8-11(13)15(12)23/h6-9H,3-5H2,1-2H3,(H,19,21,24). The van der Waals surface area contributed by atoms with Gasteiger partial charge in [-0.1, -0.05) is 18.3 Å². The lowest BCUT2D eigenvalue weighted by Gasteiger charge is -2.11. The van der Waals surface area contributed by atoms with E-state index in [9.17, 15) is 14.0 Å². The van der Waals surface area contributed by atoms with Crippen molar-refractivity contribution in [2.45, 2.75) is 33.2 Å². The van der Waals surface area contributed by atoms with Crippen LogP contribution >= 0.6 is 11.3 Å². The molecule has 0 aliphatic rings. The van der Waals surface area contributed by atoms with Gasteiger partial charge >= 0.3 is 0 Å². The third-order valence-corrected chi connectivity index (χ3v) is 4.68. The zero-order valence-corrected chi connectivity index (χ0v) is 14.7. The predicted molar refractivity (Wildman–Crippen MR) is 95.7 cm³/mol. The van der Waals surface area contributed by atoms with Gasteiger partial charge in [-0.15, -0.1) is 10.2 Å². The van der Waals surface area contributed by atoms with Gasteiger partial charge in [-0.25, -0.2) is 4.39 Å². The van der Waals surface area contributed by atoms with Gasteiger partial charge in [-0.3, -0.25) is 14.9 Å². The minimum absolute atomic E-state index is 0.0489. The molecule has 2 heterocycles. The first-order valence-corrected chi connectivity index (χ1v) is 8.81. The summed E-state index contributed by atoms with van der Waals surface area (Å²) in [6, 6.07) is 3.99. The SMILES string of the molecule is CCCc1nnc(NC(=O)c2cn(CC)c3ccc(F)cc3c2=O)s1. The van der Waals surface area contributed by atoms with E-state index in [0.717, 1.165) is 23.9 Å². The van der Waals surface area contributed by atoms with Crippen molar-refractivity contribution in [3.63, 3.8) is 0 Å². The van der Waals surface area contributed by atoms with Crippen LogP contribution in [0.4, 0.5) is 9.52 Å². The van der Waals surface area contributed by atoms with Gasteiger partial charge in [0.25, 0.3) is 5.91 Å². The lowest BCUT2D eigenvalue weighted by Crippen LogP contribution is -2.24. The molecule has 0 aliphatic carbocycles. The van der Waals surface area contributed by atoms with Crippen molar-refractivity contribution >= 4 is 33.3 Å². The first-order valence-electron chi connectivity index (χ1n) is 8.00. The summed E-state index contributed by atoms with van der Waals surface area (Å²) in [5.41, 5.74) is 0.0359. The average Bonchev–Trinajstić information content (AvgIpc) is 3.03. The fourth-order valence-corrected chi connectivity index (χ4v) is 3.41. The second kappa shape index (κ2) is 7.10. The molecular formula is C17H17FN4O2S. The Kier molecular flexibility index (Phi) is 4.89. The smallest absolute Gasteiger partial charge is 0.262 e. The molecule has 0 bridgehead atoms. The number of nitrogens with zero attached hydrogens (tertiary/aromatic N) is 3. The Bertz CT molecular complexity index is 996. The second-order valence-electron chi connectivity index (χ2n) is 5.52. The Balaban J connectivity index is 2.00. The lowest BCUT2D eigenvalue weighted by atomic mass is 10.1. The van der Waals surface area contributed by atoms with Crippen molar-refractivity contribution in [2.24, 2.45) is 0 Å². The van der Waals surface area contributed by atoms with Gasteiger partial charge in [0.1, 0.15) is 16.4 Å². The van der Waals surface area contributed by atoms with Crippen LogP contribution in [0.2, 0.25) is 0 Å². The maximum Gasteiger partial charge on any atom is 0.262 e. The summed E-state index contributed by atoms with van der Waals surface area (Å²) in [6.45, 7) is 4.46. The Morgan fingerprint density at radius 3 is 2.84 bits per heavy atom. The molecule has 0 spiro atoms.